The van der Waals surface area contributed by atoms with Crippen molar-refractivity contribution in [2.75, 3.05) is 12.3 Å². The number of carbonyl (C=O) groups is 1. The number of para-hydroxylation sites is 1. The van der Waals surface area contributed by atoms with E-state index >= 15 is 0 Å². The van der Waals surface area contributed by atoms with Gasteiger partial charge in [0.25, 0.3) is 0 Å². The van der Waals surface area contributed by atoms with Gasteiger partial charge in [0.05, 0.1) is 18.0 Å². The predicted octanol–water partition coefficient (Wildman–Crippen LogP) is 2.25. The fourth-order valence-corrected chi connectivity index (χ4v) is 1.99. The molecule has 1 heterocycles. The second-order valence-electron chi connectivity index (χ2n) is 4.26. The van der Waals surface area contributed by atoms with Gasteiger partial charge < -0.3 is 10.5 Å². The van der Waals surface area contributed by atoms with Crippen molar-refractivity contribution in [1.82, 2.24) is 9.78 Å². The highest BCUT2D eigenvalue weighted by molar-refractivity contribution is 5.95. The van der Waals surface area contributed by atoms with Gasteiger partial charge in [-0.3, -0.25) is 0 Å². The van der Waals surface area contributed by atoms with E-state index in [0.717, 1.165) is 11.3 Å². The van der Waals surface area contributed by atoms with Gasteiger partial charge in [-0.05, 0) is 32.4 Å². The van der Waals surface area contributed by atoms with Crippen LogP contribution < -0.4 is 5.73 Å². The molecule has 2 aromatic rings. The number of aryl methyl sites for hydroxylation is 2. The minimum absolute atomic E-state index is 0.310. The minimum Gasteiger partial charge on any atom is -0.462 e. The van der Waals surface area contributed by atoms with Crippen LogP contribution in [0.15, 0.2) is 24.3 Å². The van der Waals surface area contributed by atoms with Crippen molar-refractivity contribution in [2.45, 2.75) is 20.8 Å². The second-order valence-corrected chi connectivity index (χ2v) is 4.26. The first kappa shape index (κ1) is 13.1. The van der Waals surface area contributed by atoms with Crippen LogP contribution in [0.5, 0.6) is 0 Å². The summed E-state index contributed by atoms with van der Waals surface area (Å²) in [5, 5.41) is 4.34. The van der Waals surface area contributed by atoms with Crippen molar-refractivity contribution in [3.63, 3.8) is 0 Å². The lowest BCUT2D eigenvalue weighted by Gasteiger charge is -2.07. The lowest BCUT2D eigenvalue weighted by molar-refractivity contribution is 0.0527. The first-order valence-corrected chi connectivity index (χ1v) is 6.14. The highest BCUT2D eigenvalue weighted by Crippen LogP contribution is 2.23. The number of aromatic nitrogens is 2. The quantitative estimate of drug-likeness (QED) is 0.858. The van der Waals surface area contributed by atoms with E-state index in [9.17, 15) is 4.79 Å². The average Bonchev–Trinajstić information content (AvgIpc) is 2.66. The summed E-state index contributed by atoms with van der Waals surface area (Å²) in [4.78, 5) is 11.9. The molecule has 0 aliphatic heterocycles. The third-order valence-electron chi connectivity index (χ3n) is 2.92. The van der Waals surface area contributed by atoms with Gasteiger partial charge in [-0.1, -0.05) is 18.2 Å². The highest BCUT2D eigenvalue weighted by Gasteiger charge is 2.21. The number of nitrogen functional groups attached to an aromatic ring is 1. The lowest BCUT2D eigenvalue weighted by Crippen LogP contribution is -2.10. The smallest absolute Gasteiger partial charge is 0.343 e. The van der Waals surface area contributed by atoms with Crippen molar-refractivity contribution >= 4 is 11.8 Å². The van der Waals surface area contributed by atoms with E-state index in [2.05, 4.69) is 5.10 Å². The average molecular weight is 259 g/mol. The molecule has 0 amide bonds. The van der Waals surface area contributed by atoms with Gasteiger partial charge in [0.15, 0.2) is 0 Å². The third kappa shape index (κ3) is 2.31. The number of rotatable bonds is 3. The SMILES string of the molecule is CCOC(=O)c1c(C)nn(-c2ccccc2C)c1N. The highest BCUT2D eigenvalue weighted by atomic mass is 16.5. The Bertz CT molecular complexity index is 617. The van der Waals surface area contributed by atoms with Crippen molar-refractivity contribution in [2.24, 2.45) is 0 Å². The monoisotopic (exact) mass is 259 g/mol. The largest absolute Gasteiger partial charge is 0.462 e. The fourth-order valence-electron chi connectivity index (χ4n) is 1.99. The molecule has 0 spiro atoms. The molecule has 0 radical (unpaired) electrons. The van der Waals surface area contributed by atoms with Gasteiger partial charge in [0.1, 0.15) is 11.4 Å². The molecule has 1 aromatic carbocycles. The molecule has 5 nitrogen and oxygen atoms in total. The molecule has 0 saturated carbocycles. The summed E-state index contributed by atoms with van der Waals surface area (Å²) in [6.45, 7) is 5.79. The molecule has 0 fully saturated rings. The molecule has 0 bridgehead atoms. The Balaban J connectivity index is 2.54. The Labute approximate surface area is 112 Å². The van der Waals surface area contributed by atoms with Crippen LogP contribution in [-0.2, 0) is 4.74 Å². The van der Waals surface area contributed by atoms with Crippen molar-refractivity contribution in [3.8, 4) is 5.69 Å². The summed E-state index contributed by atoms with van der Waals surface area (Å²) in [6.07, 6.45) is 0. The lowest BCUT2D eigenvalue weighted by atomic mass is 10.2. The van der Waals surface area contributed by atoms with Crippen molar-refractivity contribution < 1.29 is 9.53 Å². The van der Waals surface area contributed by atoms with Gasteiger partial charge >= 0.3 is 5.97 Å². The number of hydrogen-bond acceptors (Lipinski definition) is 4. The number of nitrogens with zero attached hydrogens (tertiary/aromatic N) is 2. The maximum absolute atomic E-state index is 11.9. The molecule has 0 saturated heterocycles. The van der Waals surface area contributed by atoms with E-state index < -0.39 is 5.97 Å². The van der Waals surface area contributed by atoms with Crippen LogP contribution in [-0.4, -0.2) is 22.4 Å². The van der Waals surface area contributed by atoms with Crippen LogP contribution in [0.2, 0.25) is 0 Å². The normalized spacial score (nSPS) is 10.5. The topological polar surface area (TPSA) is 70.1 Å². The number of carbonyl (C=O) groups excluding carboxylic acids is 1. The first-order valence-electron chi connectivity index (χ1n) is 6.14. The molecule has 0 atom stereocenters. The van der Waals surface area contributed by atoms with Gasteiger partial charge in [-0.15, -0.1) is 0 Å². The van der Waals surface area contributed by atoms with Gasteiger partial charge in [0, 0.05) is 0 Å². The Morgan fingerprint density at radius 2 is 2.05 bits per heavy atom. The molecule has 2 N–H and O–H groups in total. The zero-order chi connectivity index (χ0) is 14.0. The van der Waals surface area contributed by atoms with Crippen molar-refractivity contribution in [3.05, 3.63) is 41.1 Å². The number of hydrogen-bond donors (Lipinski definition) is 1. The van der Waals surface area contributed by atoms with Crippen molar-refractivity contribution in [1.29, 1.82) is 0 Å². The number of nitrogens with two attached hydrogens (primary N) is 1. The predicted molar refractivity (Wildman–Crippen MR) is 73.4 cm³/mol. The molecular weight excluding hydrogens is 242 g/mol. The van der Waals surface area contributed by atoms with Gasteiger partial charge in [0.2, 0.25) is 0 Å². The molecule has 5 heteroatoms. The summed E-state index contributed by atoms with van der Waals surface area (Å²) in [7, 11) is 0. The van der Waals surface area contributed by atoms with Crippen LogP contribution in [0.1, 0.15) is 28.5 Å². The van der Waals surface area contributed by atoms with E-state index in [1.807, 2.05) is 31.2 Å². The maximum atomic E-state index is 11.9. The molecule has 1 aromatic heterocycles. The van der Waals surface area contributed by atoms with Gasteiger partial charge in [-0.2, -0.15) is 5.10 Å². The standard InChI is InChI=1S/C14H17N3O2/c1-4-19-14(18)12-10(3)16-17(13(12)15)11-8-6-5-7-9(11)2/h5-8H,4,15H2,1-3H3. The molecule has 0 aliphatic carbocycles. The summed E-state index contributed by atoms with van der Waals surface area (Å²) in [5.41, 5.74) is 8.84. The first-order chi connectivity index (χ1) is 9.06. The van der Waals surface area contributed by atoms with E-state index in [1.54, 1.807) is 18.5 Å². The Morgan fingerprint density at radius 1 is 1.37 bits per heavy atom. The van der Waals surface area contributed by atoms with E-state index in [1.165, 1.54) is 0 Å². The number of ether oxygens (including phenoxy) is 1. The molecule has 100 valence electrons. The molecule has 19 heavy (non-hydrogen) atoms. The van der Waals surface area contributed by atoms with Gasteiger partial charge in [-0.25, -0.2) is 9.48 Å². The second kappa shape index (κ2) is 5.14. The van der Waals surface area contributed by atoms with Crippen LogP contribution in [0.3, 0.4) is 0 Å². The van der Waals surface area contributed by atoms with Crippen LogP contribution in [0, 0.1) is 13.8 Å². The molecule has 0 unspecified atom stereocenters. The maximum Gasteiger partial charge on any atom is 0.343 e. The number of anilines is 1. The number of benzene rings is 1. The Morgan fingerprint density at radius 3 is 2.68 bits per heavy atom. The van der Waals surface area contributed by atoms with Crippen LogP contribution in [0.25, 0.3) is 5.69 Å². The van der Waals surface area contributed by atoms with Crippen LogP contribution >= 0.6 is 0 Å². The fraction of sp³-hybridized carbons (Fsp3) is 0.286. The Hall–Kier alpha value is -2.30. The van der Waals surface area contributed by atoms with E-state index in [4.69, 9.17) is 10.5 Å². The summed E-state index contributed by atoms with van der Waals surface area (Å²) < 4.78 is 6.58. The number of esters is 1. The van der Waals surface area contributed by atoms with E-state index in [0.29, 0.717) is 23.7 Å². The van der Waals surface area contributed by atoms with E-state index in [-0.39, 0.29) is 0 Å². The molecular formula is C14H17N3O2. The van der Waals surface area contributed by atoms with Crippen LogP contribution in [0.4, 0.5) is 5.82 Å². The zero-order valence-electron chi connectivity index (χ0n) is 11.3. The minimum atomic E-state index is -0.433. The molecule has 0 aliphatic rings. The zero-order valence-corrected chi connectivity index (χ0v) is 11.3. The molecule has 2 rings (SSSR count). The summed E-state index contributed by atoms with van der Waals surface area (Å²) in [5.74, 6) is -0.123. The Kier molecular flexibility index (Phi) is 3.55. The third-order valence-corrected chi connectivity index (χ3v) is 2.92. The summed E-state index contributed by atoms with van der Waals surface area (Å²) in [6, 6.07) is 7.73. The summed E-state index contributed by atoms with van der Waals surface area (Å²) >= 11 is 0.